The second-order valence-corrected chi connectivity index (χ2v) is 5.18. The van der Waals surface area contributed by atoms with Crippen LogP contribution in [0.15, 0.2) is 24.3 Å². The molecule has 0 atom stereocenters. The molecule has 1 fully saturated rings. The van der Waals surface area contributed by atoms with Gasteiger partial charge in [0.25, 0.3) is 5.91 Å². The van der Waals surface area contributed by atoms with Crippen molar-refractivity contribution in [2.24, 2.45) is 5.73 Å². The van der Waals surface area contributed by atoms with E-state index in [9.17, 15) is 4.79 Å². The lowest BCUT2D eigenvalue weighted by Gasteiger charge is -2.38. The first-order valence-electron chi connectivity index (χ1n) is 6.01. The smallest absolute Gasteiger partial charge is 0.258 e. The molecule has 1 aliphatic rings. The Labute approximate surface area is 124 Å². The second-order valence-electron chi connectivity index (χ2n) is 4.74. The van der Waals surface area contributed by atoms with E-state index in [0.29, 0.717) is 17.3 Å². The van der Waals surface area contributed by atoms with E-state index in [1.807, 2.05) is 0 Å². The number of nitrogens with one attached hydrogen (secondary N) is 1. The molecule has 0 aliphatic heterocycles. The van der Waals surface area contributed by atoms with Crippen LogP contribution >= 0.6 is 24.0 Å². The standard InChI is InChI=1S/C13H17ClN2O2.ClH/c14-10-3-1-4-11(7-10)18-8-12(17)16-9-13(15)5-2-6-13;/h1,3-4,7H,2,5-6,8-9,15H2,(H,16,17);1H. The highest BCUT2D eigenvalue weighted by atomic mass is 35.5. The summed E-state index contributed by atoms with van der Waals surface area (Å²) in [5.74, 6) is 0.426. The van der Waals surface area contributed by atoms with Crippen LogP contribution in [0.3, 0.4) is 0 Å². The number of amides is 1. The van der Waals surface area contributed by atoms with Crippen molar-refractivity contribution >= 4 is 29.9 Å². The molecule has 106 valence electrons. The molecule has 6 heteroatoms. The molecule has 0 radical (unpaired) electrons. The summed E-state index contributed by atoms with van der Waals surface area (Å²) in [7, 11) is 0. The zero-order valence-corrected chi connectivity index (χ0v) is 12.1. The summed E-state index contributed by atoms with van der Waals surface area (Å²) in [4.78, 5) is 11.6. The van der Waals surface area contributed by atoms with Gasteiger partial charge in [-0.25, -0.2) is 0 Å². The summed E-state index contributed by atoms with van der Waals surface area (Å²) >= 11 is 5.81. The molecule has 3 N–H and O–H groups in total. The maximum Gasteiger partial charge on any atom is 0.258 e. The van der Waals surface area contributed by atoms with Crippen LogP contribution in [0.5, 0.6) is 5.75 Å². The number of benzene rings is 1. The molecule has 1 aromatic carbocycles. The molecule has 1 aliphatic carbocycles. The third-order valence-corrected chi connectivity index (χ3v) is 3.39. The van der Waals surface area contributed by atoms with Crippen molar-refractivity contribution in [3.8, 4) is 5.75 Å². The summed E-state index contributed by atoms with van der Waals surface area (Å²) in [6.45, 7) is 0.501. The van der Waals surface area contributed by atoms with Crippen molar-refractivity contribution in [2.75, 3.05) is 13.2 Å². The fraction of sp³-hybridized carbons (Fsp3) is 0.462. The first-order chi connectivity index (χ1) is 8.57. The topological polar surface area (TPSA) is 64.3 Å². The van der Waals surface area contributed by atoms with Crippen LogP contribution < -0.4 is 15.8 Å². The van der Waals surface area contributed by atoms with Crippen molar-refractivity contribution in [1.82, 2.24) is 5.32 Å². The van der Waals surface area contributed by atoms with Gasteiger partial charge in [-0.05, 0) is 37.5 Å². The van der Waals surface area contributed by atoms with Crippen molar-refractivity contribution < 1.29 is 9.53 Å². The summed E-state index contributed by atoms with van der Waals surface area (Å²) in [5, 5.41) is 3.37. The third-order valence-electron chi connectivity index (χ3n) is 3.15. The Balaban J connectivity index is 0.00000180. The Morgan fingerprint density at radius 3 is 2.79 bits per heavy atom. The average molecular weight is 305 g/mol. The van der Waals surface area contributed by atoms with Crippen molar-refractivity contribution in [2.45, 2.75) is 24.8 Å². The van der Waals surface area contributed by atoms with Gasteiger partial charge in [0.1, 0.15) is 5.75 Å². The molecule has 2 rings (SSSR count). The number of nitrogens with two attached hydrogens (primary N) is 1. The molecule has 1 amide bonds. The van der Waals surface area contributed by atoms with E-state index >= 15 is 0 Å². The summed E-state index contributed by atoms with van der Waals surface area (Å²) in [6, 6.07) is 6.96. The molecular weight excluding hydrogens is 287 g/mol. The number of rotatable bonds is 5. The number of carbonyl (C=O) groups excluding carboxylic acids is 1. The van der Waals surface area contributed by atoms with Gasteiger partial charge in [-0.3, -0.25) is 4.79 Å². The Hall–Kier alpha value is -0.970. The number of hydrogen-bond acceptors (Lipinski definition) is 3. The van der Waals surface area contributed by atoms with E-state index in [1.54, 1.807) is 24.3 Å². The predicted octanol–water partition coefficient (Wildman–Crippen LogP) is 2.14. The van der Waals surface area contributed by atoms with E-state index in [4.69, 9.17) is 22.1 Å². The minimum atomic E-state index is -0.203. The lowest BCUT2D eigenvalue weighted by Crippen LogP contribution is -2.55. The van der Waals surface area contributed by atoms with Gasteiger partial charge >= 0.3 is 0 Å². The minimum Gasteiger partial charge on any atom is -0.484 e. The highest BCUT2D eigenvalue weighted by Crippen LogP contribution is 2.27. The molecule has 0 aromatic heterocycles. The zero-order valence-electron chi connectivity index (χ0n) is 10.5. The van der Waals surface area contributed by atoms with Gasteiger partial charge in [-0.15, -0.1) is 12.4 Å². The Bertz CT molecular complexity index is 436. The van der Waals surface area contributed by atoms with Crippen molar-refractivity contribution in [3.63, 3.8) is 0 Å². The van der Waals surface area contributed by atoms with E-state index in [-0.39, 0.29) is 30.5 Å². The highest BCUT2D eigenvalue weighted by Gasteiger charge is 2.32. The highest BCUT2D eigenvalue weighted by molar-refractivity contribution is 6.30. The van der Waals surface area contributed by atoms with Crippen LogP contribution in [0.25, 0.3) is 0 Å². The molecular formula is C13H18Cl2N2O2. The first kappa shape index (κ1) is 16.1. The van der Waals surface area contributed by atoms with Crippen molar-refractivity contribution in [3.05, 3.63) is 29.3 Å². The number of carbonyl (C=O) groups is 1. The van der Waals surface area contributed by atoms with Gasteiger partial charge in [-0.2, -0.15) is 0 Å². The van der Waals surface area contributed by atoms with Crippen LogP contribution in [0.1, 0.15) is 19.3 Å². The summed E-state index contributed by atoms with van der Waals surface area (Å²) < 4.78 is 5.33. The molecule has 0 heterocycles. The van der Waals surface area contributed by atoms with Crippen molar-refractivity contribution in [1.29, 1.82) is 0 Å². The van der Waals surface area contributed by atoms with E-state index in [1.165, 1.54) is 0 Å². The van der Waals surface area contributed by atoms with Gasteiger partial charge < -0.3 is 15.8 Å². The predicted molar refractivity (Wildman–Crippen MR) is 78.0 cm³/mol. The molecule has 0 saturated heterocycles. The van der Waals surface area contributed by atoms with Crippen LogP contribution in [-0.4, -0.2) is 24.6 Å². The molecule has 0 spiro atoms. The van der Waals surface area contributed by atoms with Crippen LogP contribution in [0.2, 0.25) is 5.02 Å². The van der Waals surface area contributed by atoms with Crippen LogP contribution in [-0.2, 0) is 4.79 Å². The maximum atomic E-state index is 11.6. The van der Waals surface area contributed by atoms with Gasteiger partial charge in [0, 0.05) is 17.1 Å². The molecule has 0 unspecified atom stereocenters. The fourth-order valence-electron chi connectivity index (χ4n) is 1.84. The minimum absolute atomic E-state index is 0. The maximum absolute atomic E-state index is 11.6. The van der Waals surface area contributed by atoms with Gasteiger partial charge in [0.15, 0.2) is 6.61 Å². The summed E-state index contributed by atoms with van der Waals surface area (Å²) in [6.07, 6.45) is 3.09. The lowest BCUT2D eigenvalue weighted by atomic mass is 9.78. The quantitative estimate of drug-likeness (QED) is 0.876. The van der Waals surface area contributed by atoms with Gasteiger partial charge in [-0.1, -0.05) is 17.7 Å². The molecule has 19 heavy (non-hydrogen) atoms. The molecule has 0 bridgehead atoms. The largest absolute Gasteiger partial charge is 0.484 e. The molecule has 4 nitrogen and oxygen atoms in total. The average Bonchev–Trinajstić information content (AvgIpc) is 2.31. The molecule has 1 aromatic rings. The third kappa shape index (κ3) is 4.90. The van der Waals surface area contributed by atoms with Crippen LogP contribution in [0, 0.1) is 0 Å². The second kappa shape index (κ2) is 6.98. The van der Waals surface area contributed by atoms with Gasteiger partial charge in [0.2, 0.25) is 0 Å². The number of halogens is 2. The lowest BCUT2D eigenvalue weighted by molar-refractivity contribution is -0.123. The Kier molecular flexibility index (Phi) is 5.91. The number of hydrogen-bond donors (Lipinski definition) is 2. The normalized spacial score (nSPS) is 15.9. The Morgan fingerprint density at radius 2 is 2.21 bits per heavy atom. The van der Waals surface area contributed by atoms with E-state index < -0.39 is 0 Å². The Morgan fingerprint density at radius 1 is 1.47 bits per heavy atom. The fourth-order valence-corrected chi connectivity index (χ4v) is 2.02. The monoisotopic (exact) mass is 304 g/mol. The zero-order chi connectivity index (χ0) is 13.0. The first-order valence-corrected chi connectivity index (χ1v) is 6.39. The van der Waals surface area contributed by atoms with E-state index in [0.717, 1.165) is 19.3 Å². The summed E-state index contributed by atoms with van der Waals surface area (Å²) in [5.41, 5.74) is 5.80. The van der Waals surface area contributed by atoms with E-state index in [2.05, 4.69) is 5.32 Å². The molecule has 1 saturated carbocycles. The number of ether oxygens (including phenoxy) is 1. The SMILES string of the molecule is Cl.NC1(CNC(=O)COc2cccc(Cl)c2)CCC1. The van der Waals surface area contributed by atoms with Gasteiger partial charge in [0.05, 0.1) is 0 Å². The van der Waals surface area contributed by atoms with Crippen LogP contribution in [0.4, 0.5) is 0 Å².